The normalized spacial score (nSPS) is 15.4. The van der Waals surface area contributed by atoms with Gasteiger partial charge in [0.25, 0.3) is 0 Å². The predicted octanol–water partition coefficient (Wildman–Crippen LogP) is 3.92. The second kappa shape index (κ2) is 6.88. The molecule has 2 N–H and O–H groups in total. The Kier molecular flexibility index (Phi) is 5.17. The standard InChI is InChI=1S/C15H21NO3S/c1-2-11-9-12(15(18)19)14(20-11)16-13(17)8-7-10-5-3-4-6-10/h9-10H,2-8H2,1H3,(H,16,17)(H,18,19). The van der Waals surface area contributed by atoms with E-state index in [0.717, 1.165) is 17.7 Å². The highest BCUT2D eigenvalue weighted by atomic mass is 32.1. The van der Waals surface area contributed by atoms with Gasteiger partial charge in [0, 0.05) is 11.3 Å². The van der Waals surface area contributed by atoms with Crippen LogP contribution in [0.4, 0.5) is 5.00 Å². The van der Waals surface area contributed by atoms with Gasteiger partial charge >= 0.3 is 5.97 Å². The number of thiophene rings is 1. The summed E-state index contributed by atoms with van der Waals surface area (Å²) in [5, 5.41) is 12.4. The SMILES string of the molecule is CCc1cc(C(=O)O)c(NC(=O)CCC2CCCC2)s1. The van der Waals surface area contributed by atoms with Crippen molar-refractivity contribution in [3.63, 3.8) is 0 Å². The summed E-state index contributed by atoms with van der Waals surface area (Å²) in [7, 11) is 0. The van der Waals surface area contributed by atoms with E-state index in [4.69, 9.17) is 5.11 Å². The molecule has 0 spiro atoms. The smallest absolute Gasteiger partial charge is 0.338 e. The Morgan fingerprint density at radius 2 is 2.10 bits per heavy atom. The van der Waals surface area contributed by atoms with Crippen LogP contribution in [0, 0.1) is 5.92 Å². The maximum atomic E-state index is 11.9. The van der Waals surface area contributed by atoms with E-state index in [1.165, 1.54) is 37.0 Å². The molecule has 1 aromatic rings. The molecule has 1 heterocycles. The van der Waals surface area contributed by atoms with E-state index >= 15 is 0 Å². The lowest BCUT2D eigenvalue weighted by Gasteiger charge is -2.08. The molecular formula is C15H21NO3S. The zero-order chi connectivity index (χ0) is 14.5. The van der Waals surface area contributed by atoms with Gasteiger partial charge in [-0.1, -0.05) is 32.6 Å². The molecule has 0 unspecified atom stereocenters. The maximum Gasteiger partial charge on any atom is 0.338 e. The number of carboxylic acids is 1. The summed E-state index contributed by atoms with van der Waals surface area (Å²) in [5.74, 6) is -0.370. The number of carbonyl (C=O) groups excluding carboxylic acids is 1. The van der Waals surface area contributed by atoms with Crippen LogP contribution < -0.4 is 5.32 Å². The van der Waals surface area contributed by atoms with Gasteiger partial charge < -0.3 is 10.4 Å². The Balaban J connectivity index is 1.92. The number of anilines is 1. The second-order valence-corrected chi connectivity index (χ2v) is 6.49. The fourth-order valence-corrected chi connectivity index (χ4v) is 3.70. The van der Waals surface area contributed by atoms with Gasteiger partial charge in [-0.3, -0.25) is 4.79 Å². The third-order valence-corrected chi connectivity index (χ3v) is 5.06. The Hall–Kier alpha value is -1.36. The zero-order valence-electron chi connectivity index (χ0n) is 11.8. The first-order chi connectivity index (χ1) is 9.60. The molecule has 0 aromatic carbocycles. The summed E-state index contributed by atoms with van der Waals surface area (Å²) >= 11 is 1.36. The van der Waals surface area contributed by atoms with Gasteiger partial charge in [-0.15, -0.1) is 11.3 Å². The van der Waals surface area contributed by atoms with Crippen molar-refractivity contribution in [2.75, 3.05) is 5.32 Å². The van der Waals surface area contributed by atoms with E-state index in [-0.39, 0.29) is 11.5 Å². The van der Waals surface area contributed by atoms with Gasteiger partial charge in [0.1, 0.15) is 5.00 Å². The number of aryl methyl sites for hydroxylation is 1. The summed E-state index contributed by atoms with van der Waals surface area (Å²) in [5.41, 5.74) is 0.209. The molecule has 110 valence electrons. The topological polar surface area (TPSA) is 66.4 Å². The molecular weight excluding hydrogens is 274 g/mol. The Bertz CT molecular complexity index is 489. The maximum absolute atomic E-state index is 11.9. The summed E-state index contributed by atoms with van der Waals surface area (Å²) in [6.45, 7) is 1.98. The Morgan fingerprint density at radius 3 is 2.70 bits per heavy atom. The highest BCUT2D eigenvalue weighted by Gasteiger charge is 2.19. The first-order valence-corrected chi connectivity index (χ1v) is 8.07. The van der Waals surface area contributed by atoms with Crippen molar-refractivity contribution in [2.45, 2.75) is 51.9 Å². The number of aromatic carboxylic acids is 1. The van der Waals surface area contributed by atoms with Gasteiger partial charge in [0.05, 0.1) is 5.56 Å². The lowest BCUT2D eigenvalue weighted by molar-refractivity contribution is -0.116. The summed E-state index contributed by atoms with van der Waals surface area (Å²) in [6.07, 6.45) is 7.20. The molecule has 0 saturated heterocycles. The molecule has 1 aliphatic rings. The molecule has 4 nitrogen and oxygen atoms in total. The summed E-state index contributed by atoms with van der Waals surface area (Å²) in [4.78, 5) is 24.1. The first-order valence-electron chi connectivity index (χ1n) is 7.26. The van der Waals surface area contributed by atoms with E-state index in [1.807, 2.05) is 6.92 Å². The van der Waals surface area contributed by atoms with Gasteiger partial charge in [-0.2, -0.15) is 0 Å². The second-order valence-electron chi connectivity index (χ2n) is 5.35. The van der Waals surface area contributed by atoms with Crippen molar-refractivity contribution in [1.29, 1.82) is 0 Å². The third kappa shape index (κ3) is 3.82. The summed E-state index contributed by atoms with van der Waals surface area (Å²) < 4.78 is 0. The van der Waals surface area contributed by atoms with Crippen molar-refractivity contribution >= 4 is 28.2 Å². The van der Waals surface area contributed by atoms with Crippen LogP contribution in [0.15, 0.2) is 6.07 Å². The molecule has 0 bridgehead atoms. The molecule has 0 radical (unpaired) electrons. The van der Waals surface area contributed by atoms with E-state index in [9.17, 15) is 9.59 Å². The van der Waals surface area contributed by atoms with E-state index in [1.54, 1.807) is 6.07 Å². The van der Waals surface area contributed by atoms with E-state index in [2.05, 4.69) is 5.32 Å². The number of hydrogen-bond donors (Lipinski definition) is 2. The van der Waals surface area contributed by atoms with Gasteiger partial charge in [0.2, 0.25) is 5.91 Å². The van der Waals surface area contributed by atoms with Crippen molar-refractivity contribution in [2.24, 2.45) is 5.92 Å². The van der Waals surface area contributed by atoms with Gasteiger partial charge in [-0.05, 0) is 24.8 Å². The van der Waals surface area contributed by atoms with Crippen LogP contribution >= 0.6 is 11.3 Å². The molecule has 2 rings (SSSR count). The lowest BCUT2D eigenvalue weighted by Crippen LogP contribution is -2.13. The molecule has 0 atom stereocenters. The van der Waals surface area contributed by atoms with Crippen molar-refractivity contribution in [1.82, 2.24) is 0 Å². The minimum atomic E-state index is -0.980. The quantitative estimate of drug-likeness (QED) is 0.836. The molecule has 1 aromatic heterocycles. The minimum Gasteiger partial charge on any atom is -0.478 e. The van der Waals surface area contributed by atoms with E-state index < -0.39 is 5.97 Å². The lowest BCUT2D eigenvalue weighted by atomic mass is 10.0. The third-order valence-electron chi connectivity index (χ3n) is 3.87. The molecule has 20 heavy (non-hydrogen) atoms. The molecule has 1 saturated carbocycles. The number of carboxylic acid groups (broad SMARTS) is 1. The van der Waals surface area contributed by atoms with Gasteiger partial charge in [0.15, 0.2) is 0 Å². The highest BCUT2D eigenvalue weighted by molar-refractivity contribution is 7.16. The number of rotatable bonds is 6. The van der Waals surface area contributed by atoms with Gasteiger partial charge in [-0.25, -0.2) is 4.79 Å². The van der Waals surface area contributed by atoms with Crippen LogP contribution in [0.3, 0.4) is 0 Å². The Labute approximate surface area is 123 Å². The minimum absolute atomic E-state index is 0.0658. The Morgan fingerprint density at radius 1 is 1.40 bits per heavy atom. The van der Waals surface area contributed by atoms with Crippen LogP contribution in [0.25, 0.3) is 0 Å². The van der Waals surface area contributed by atoms with Crippen LogP contribution in [0.2, 0.25) is 0 Å². The number of amides is 1. The van der Waals surface area contributed by atoms with Crippen molar-refractivity contribution in [3.8, 4) is 0 Å². The van der Waals surface area contributed by atoms with Crippen LogP contribution in [-0.2, 0) is 11.2 Å². The van der Waals surface area contributed by atoms with Crippen molar-refractivity contribution < 1.29 is 14.7 Å². The number of nitrogens with one attached hydrogen (secondary N) is 1. The fourth-order valence-electron chi connectivity index (χ4n) is 2.69. The molecule has 5 heteroatoms. The van der Waals surface area contributed by atoms with E-state index in [0.29, 0.717) is 17.3 Å². The van der Waals surface area contributed by atoms with Crippen LogP contribution in [-0.4, -0.2) is 17.0 Å². The monoisotopic (exact) mass is 295 g/mol. The highest BCUT2D eigenvalue weighted by Crippen LogP contribution is 2.30. The average Bonchev–Trinajstić information content (AvgIpc) is 3.05. The fraction of sp³-hybridized carbons (Fsp3) is 0.600. The molecule has 1 amide bonds. The summed E-state index contributed by atoms with van der Waals surface area (Å²) in [6, 6.07) is 1.65. The number of carbonyl (C=O) groups is 2. The van der Waals surface area contributed by atoms with Crippen LogP contribution in [0.1, 0.15) is 60.7 Å². The molecule has 1 fully saturated rings. The van der Waals surface area contributed by atoms with Crippen molar-refractivity contribution in [3.05, 3.63) is 16.5 Å². The zero-order valence-corrected chi connectivity index (χ0v) is 12.6. The first kappa shape index (κ1) is 15.0. The molecule has 1 aliphatic carbocycles. The molecule has 0 aliphatic heterocycles. The average molecular weight is 295 g/mol. The van der Waals surface area contributed by atoms with Crippen LogP contribution in [0.5, 0.6) is 0 Å². The largest absolute Gasteiger partial charge is 0.478 e. The number of hydrogen-bond acceptors (Lipinski definition) is 3. The predicted molar refractivity (Wildman–Crippen MR) is 80.5 cm³/mol.